The number of nitrogens with zero attached hydrogens (tertiary/aromatic N) is 1. The fraction of sp³-hybridized carbons (Fsp3) is 0.667. The highest BCUT2D eigenvalue weighted by Crippen LogP contribution is 1.82. The molecule has 0 amide bonds. The van der Waals surface area contributed by atoms with Gasteiger partial charge in [-0.1, -0.05) is 25.8 Å². The molecular formula is C9H19N. The Kier molecular flexibility index (Phi) is 13.6. The molecule has 60 valence electrons. The van der Waals surface area contributed by atoms with Gasteiger partial charge in [-0.25, -0.2) is 0 Å². The Morgan fingerprint density at radius 3 is 1.80 bits per heavy atom. The highest BCUT2D eigenvalue weighted by Gasteiger charge is 1.66. The lowest BCUT2D eigenvalue weighted by molar-refractivity contribution is 1.09. The molecule has 0 aromatic carbocycles. The number of rotatable bonds is 1. The van der Waals surface area contributed by atoms with Crippen LogP contribution in [0.2, 0.25) is 0 Å². The minimum Gasteiger partial charge on any atom is -0.297 e. The van der Waals surface area contributed by atoms with Crippen molar-refractivity contribution in [3.63, 3.8) is 0 Å². The van der Waals surface area contributed by atoms with Gasteiger partial charge in [0.25, 0.3) is 0 Å². The van der Waals surface area contributed by atoms with Gasteiger partial charge in [0.1, 0.15) is 0 Å². The topological polar surface area (TPSA) is 12.4 Å². The fourth-order valence-corrected chi connectivity index (χ4v) is 0.224. The van der Waals surface area contributed by atoms with Crippen molar-refractivity contribution < 1.29 is 0 Å². The van der Waals surface area contributed by atoms with Crippen molar-refractivity contribution in [3.8, 4) is 0 Å². The van der Waals surface area contributed by atoms with Crippen LogP contribution in [0.5, 0.6) is 0 Å². The zero-order valence-electron chi connectivity index (χ0n) is 7.81. The summed E-state index contributed by atoms with van der Waals surface area (Å²) in [6.07, 6.45) is 5.01. The van der Waals surface area contributed by atoms with Crippen LogP contribution in [0.3, 0.4) is 0 Å². The summed E-state index contributed by atoms with van der Waals surface area (Å²) in [4.78, 5) is 3.77. The first-order valence-corrected chi connectivity index (χ1v) is 3.74. The lowest BCUT2D eigenvalue weighted by atomic mass is 10.3. The van der Waals surface area contributed by atoms with Gasteiger partial charge in [0.05, 0.1) is 0 Å². The first-order valence-electron chi connectivity index (χ1n) is 3.74. The van der Waals surface area contributed by atoms with E-state index in [1.54, 1.807) is 13.3 Å². The lowest BCUT2D eigenvalue weighted by Crippen LogP contribution is -1.65. The normalized spacial score (nSPS) is 8.50. The first kappa shape index (κ1) is 12.1. The first-order chi connectivity index (χ1) is 4.68. The predicted octanol–water partition coefficient (Wildman–Crippen LogP) is 3.07. The van der Waals surface area contributed by atoms with Crippen LogP contribution >= 0.6 is 0 Å². The fourth-order valence-electron chi connectivity index (χ4n) is 0.224. The Bertz CT molecular complexity index is 97.3. The smallest absolute Gasteiger partial charge is 0.0277 e. The number of allylic oxidation sites excluding steroid dienone is 2. The van der Waals surface area contributed by atoms with Crippen molar-refractivity contribution in [1.82, 2.24) is 0 Å². The van der Waals surface area contributed by atoms with Crippen molar-refractivity contribution in [2.24, 2.45) is 4.99 Å². The van der Waals surface area contributed by atoms with E-state index < -0.39 is 0 Å². The molecule has 0 aromatic heterocycles. The molecule has 0 fully saturated rings. The van der Waals surface area contributed by atoms with E-state index >= 15 is 0 Å². The van der Waals surface area contributed by atoms with E-state index in [1.165, 1.54) is 12.0 Å². The van der Waals surface area contributed by atoms with Gasteiger partial charge in [-0.2, -0.15) is 0 Å². The van der Waals surface area contributed by atoms with Crippen LogP contribution in [0.15, 0.2) is 16.6 Å². The molecule has 0 rings (SSSR count). The molecular weight excluding hydrogens is 122 g/mol. The monoisotopic (exact) mass is 141 g/mol. The Hall–Kier alpha value is -0.590. The molecule has 0 saturated carbocycles. The van der Waals surface area contributed by atoms with Crippen molar-refractivity contribution in [2.45, 2.75) is 34.1 Å². The highest BCUT2D eigenvalue weighted by molar-refractivity contribution is 5.71. The van der Waals surface area contributed by atoms with E-state index in [-0.39, 0.29) is 0 Å². The molecule has 0 aliphatic carbocycles. The Labute approximate surface area is 64.9 Å². The Morgan fingerprint density at radius 2 is 1.70 bits per heavy atom. The molecule has 0 spiro atoms. The van der Waals surface area contributed by atoms with Gasteiger partial charge < -0.3 is 0 Å². The highest BCUT2D eigenvalue weighted by atomic mass is 14.6. The number of aliphatic imine (C=N–C) groups is 1. The summed E-state index contributed by atoms with van der Waals surface area (Å²) in [5.74, 6) is 0. The van der Waals surface area contributed by atoms with Gasteiger partial charge in [-0.3, -0.25) is 4.99 Å². The predicted molar refractivity (Wildman–Crippen MR) is 49.8 cm³/mol. The average Bonchev–Trinajstić information content (AvgIpc) is 1.85. The van der Waals surface area contributed by atoms with Crippen LogP contribution in [-0.2, 0) is 0 Å². The van der Waals surface area contributed by atoms with E-state index in [0.29, 0.717) is 0 Å². The van der Waals surface area contributed by atoms with Gasteiger partial charge >= 0.3 is 0 Å². The van der Waals surface area contributed by atoms with E-state index in [0.717, 1.165) is 0 Å². The summed E-state index contributed by atoms with van der Waals surface area (Å²) in [5.41, 5.74) is 1.28. The van der Waals surface area contributed by atoms with E-state index in [9.17, 15) is 0 Å². The second-order valence-corrected chi connectivity index (χ2v) is 2.36. The summed E-state index contributed by atoms with van der Waals surface area (Å²) in [5, 5.41) is 0. The van der Waals surface area contributed by atoms with Crippen LogP contribution in [-0.4, -0.2) is 13.3 Å². The molecule has 0 unspecified atom stereocenters. The molecule has 0 saturated heterocycles. The number of hydrogen-bond donors (Lipinski definition) is 0. The third-order valence-corrected chi connectivity index (χ3v) is 0.557. The zero-order chi connectivity index (χ0) is 8.41. The molecule has 10 heavy (non-hydrogen) atoms. The van der Waals surface area contributed by atoms with Gasteiger partial charge in [0.15, 0.2) is 0 Å². The molecule has 1 heteroatoms. The second kappa shape index (κ2) is 11.2. The van der Waals surface area contributed by atoms with Gasteiger partial charge in [0.2, 0.25) is 0 Å². The molecule has 0 aliphatic rings. The lowest BCUT2D eigenvalue weighted by Gasteiger charge is -1.77. The molecule has 1 nitrogen and oxygen atoms in total. The molecule has 0 atom stereocenters. The molecule has 0 N–H and O–H groups in total. The van der Waals surface area contributed by atoms with Crippen molar-refractivity contribution >= 4 is 6.21 Å². The SMILES string of the molecule is CCC.CN=CC=C(C)C. The molecule has 0 heterocycles. The molecule has 0 bridgehead atoms. The van der Waals surface area contributed by atoms with Crippen molar-refractivity contribution in [1.29, 1.82) is 0 Å². The minimum atomic E-state index is 1.25. The average molecular weight is 141 g/mol. The van der Waals surface area contributed by atoms with E-state index in [1.807, 2.05) is 19.9 Å². The summed E-state index contributed by atoms with van der Waals surface area (Å²) in [7, 11) is 1.76. The molecule has 0 radical (unpaired) electrons. The van der Waals surface area contributed by atoms with Crippen LogP contribution in [0, 0.1) is 0 Å². The summed E-state index contributed by atoms with van der Waals surface area (Å²) >= 11 is 0. The third kappa shape index (κ3) is 26.2. The molecule has 0 aliphatic heterocycles. The standard InChI is InChI=1S/C6H11N.C3H8/c1-6(2)4-5-7-3;1-3-2/h4-5H,1-3H3;3H2,1-2H3. The second-order valence-electron chi connectivity index (χ2n) is 2.36. The quantitative estimate of drug-likeness (QED) is 0.498. The Morgan fingerprint density at radius 1 is 1.30 bits per heavy atom. The van der Waals surface area contributed by atoms with Crippen LogP contribution in [0.4, 0.5) is 0 Å². The molecule has 0 aromatic rings. The maximum atomic E-state index is 3.77. The van der Waals surface area contributed by atoms with Gasteiger partial charge in [-0.05, 0) is 19.9 Å². The van der Waals surface area contributed by atoms with Crippen LogP contribution < -0.4 is 0 Å². The minimum absolute atomic E-state index is 1.25. The maximum absolute atomic E-state index is 3.77. The summed E-state index contributed by atoms with van der Waals surface area (Å²) in [6.45, 7) is 8.34. The zero-order valence-corrected chi connectivity index (χ0v) is 7.81. The van der Waals surface area contributed by atoms with E-state index in [2.05, 4.69) is 18.8 Å². The van der Waals surface area contributed by atoms with Crippen LogP contribution in [0.1, 0.15) is 34.1 Å². The summed E-state index contributed by atoms with van der Waals surface area (Å²) in [6, 6.07) is 0. The third-order valence-electron chi connectivity index (χ3n) is 0.557. The Balaban J connectivity index is 0. The van der Waals surface area contributed by atoms with Crippen molar-refractivity contribution in [3.05, 3.63) is 11.6 Å². The maximum Gasteiger partial charge on any atom is 0.0277 e. The van der Waals surface area contributed by atoms with Gasteiger partial charge in [-0.15, -0.1) is 0 Å². The summed E-state index contributed by atoms with van der Waals surface area (Å²) < 4.78 is 0. The van der Waals surface area contributed by atoms with E-state index in [4.69, 9.17) is 0 Å². The number of hydrogen-bond acceptors (Lipinski definition) is 1. The van der Waals surface area contributed by atoms with Crippen molar-refractivity contribution in [2.75, 3.05) is 7.05 Å². The van der Waals surface area contributed by atoms with Crippen LogP contribution in [0.25, 0.3) is 0 Å². The largest absolute Gasteiger partial charge is 0.297 e. The van der Waals surface area contributed by atoms with Gasteiger partial charge in [0, 0.05) is 13.3 Å².